The van der Waals surface area contributed by atoms with Gasteiger partial charge in [-0.1, -0.05) is 38.5 Å². The third-order valence-corrected chi connectivity index (χ3v) is 5.65. The van der Waals surface area contributed by atoms with Gasteiger partial charge >= 0.3 is 0 Å². The molecule has 2 rings (SSSR count). The van der Waals surface area contributed by atoms with Gasteiger partial charge in [-0.2, -0.15) is 0 Å². The number of pyridine rings is 1. The quantitative estimate of drug-likeness (QED) is 0.630. The van der Waals surface area contributed by atoms with Crippen LogP contribution < -0.4 is 14.8 Å². The van der Waals surface area contributed by atoms with Gasteiger partial charge in [0.2, 0.25) is 15.9 Å². The molecule has 0 aliphatic carbocycles. The molecule has 2 aromatic rings. The van der Waals surface area contributed by atoms with E-state index >= 15 is 0 Å². The standard InChI is InChI=1S/C20H27N3O4S/c1-4-6-13-28(25,26)23-18-10-8-7-9-16(18)20(24)22-17(5-2)15-11-12-19(27-3)21-14-15/h7-12,14,17,23H,4-6,13H2,1-3H3,(H,22,24)/t17-/m1/s1. The van der Waals surface area contributed by atoms with Crippen LogP contribution >= 0.6 is 0 Å². The van der Waals surface area contributed by atoms with Crippen molar-refractivity contribution in [2.45, 2.75) is 39.2 Å². The van der Waals surface area contributed by atoms with Crippen molar-refractivity contribution >= 4 is 21.6 Å². The van der Waals surface area contributed by atoms with Crippen molar-refractivity contribution in [3.8, 4) is 5.88 Å². The van der Waals surface area contributed by atoms with Crippen molar-refractivity contribution in [3.63, 3.8) is 0 Å². The molecule has 0 bridgehead atoms. The second kappa shape index (κ2) is 10.1. The topological polar surface area (TPSA) is 97.4 Å². The summed E-state index contributed by atoms with van der Waals surface area (Å²) in [6.45, 7) is 3.88. The van der Waals surface area contributed by atoms with Gasteiger partial charge in [-0.25, -0.2) is 13.4 Å². The van der Waals surface area contributed by atoms with Crippen molar-refractivity contribution < 1.29 is 17.9 Å². The van der Waals surface area contributed by atoms with E-state index in [1.165, 1.54) is 0 Å². The van der Waals surface area contributed by atoms with Crippen LogP contribution in [0.2, 0.25) is 0 Å². The molecule has 0 saturated carbocycles. The molecule has 1 heterocycles. The summed E-state index contributed by atoms with van der Waals surface area (Å²) in [5, 5.41) is 2.95. The highest BCUT2D eigenvalue weighted by atomic mass is 32.2. The van der Waals surface area contributed by atoms with E-state index in [9.17, 15) is 13.2 Å². The first-order chi connectivity index (χ1) is 13.4. The maximum absolute atomic E-state index is 12.8. The number of hydrogen-bond acceptors (Lipinski definition) is 5. The van der Waals surface area contributed by atoms with Crippen molar-refractivity contribution in [2.24, 2.45) is 0 Å². The molecule has 152 valence electrons. The number of ether oxygens (including phenoxy) is 1. The summed E-state index contributed by atoms with van der Waals surface area (Å²) < 4.78 is 32.1. The van der Waals surface area contributed by atoms with Gasteiger partial charge < -0.3 is 10.1 Å². The molecule has 1 atom stereocenters. The number of nitrogens with one attached hydrogen (secondary N) is 2. The Morgan fingerprint density at radius 1 is 1.18 bits per heavy atom. The lowest BCUT2D eigenvalue weighted by atomic mass is 10.1. The first-order valence-electron chi connectivity index (χ1n) is 9.30. The van der Waals surface area contributed by atoms with E-state index in [1.807, 2.05) is 19.9 Å². The third kappa shape index (κ3) is 5.95. The fourth-order valence-electron chi connectivity index (χ4n) is 2.70. The molecule has 1 amide bonds. The van der Waals surface area contributed by atoms with Crippen LogP contribution in [0, 0.1) is 0 Å². The molecule has 0 saturated heterocycles. The van der Waals surface area contributed by atoms with Gasteiger partial charge in [0, 0.05) is 12.3 Å². The van der Waals surface area contributed by atoms with Crippen LogP contribution in [0.15, 0.2) is 42.6 Å². The molecular formula is C20H27N3O4S. The van der Waals surface area contributed by atoms with Crippen LogP contribution in [0.5, 0.6) is 5.88 Å². The number of sulfonamides is 1. The number of unbranched alkanes of at least 4 members (excludes halogenated alkanes) is 1. The molecule has 0 aliphatic heterocycles. The average Bonchev–Trinajstić information content (AvgIpc) is 2.70. The lowest BCUT2D eigenvalue weighted by molar-refractivity contribution is 0.0936. The summed E-state index contributed by atoms with van der Waals surface area (Å²) in [7, 11) is -1.96. The molecule has 1 aromatic heterocycles. The summed E-state index contributed by atoms with van der Waals surface area (Å²) >= 11 is 0. The number of aromatic nitrogens is 1. The molecule has 0 unspecified atom stereocenters. The Balaban J connectivity index is 2.18. The molecule has 2 N–H and O–H groups in total. The van der Waals surface area contributed by atoms with Crippen LogP contribution in [-0.2, 0) is 10.0 Å². The van der Waals surface area contributed by atoms with Crippen LogP contribution in [0.3, 0.4) is 0 Å². The summed E-state index contributed by atoms with van der Waals surface area (Å²) in [6.07, 6.45) is 3.65. The molecule has 0 aliphatic rings. The highest BCUT2D eigenvalue weighted by molar-refractivity contribution is 7.92. The molecule has 8 heteroatoms. The second-order valence-corrected chi connectivity index (χ2v) is 8.23. The summed E-state index contributed by atoms with van der Waals surface area (Å²) in [6, 6.07) is 9.92. The van der Waals surface area contributed by atoms with Gasteiger partial charge in [0.05, 0.1) is 30.2 Å². The van der Waals surface area contributed by atoms with Crippen molar-refractivity contribution in [3.05, 3.63) is 53.7 Å². The minimum atomic E-state index is -3.50. The Hall–Kier alpha value is -2.61. The lowest BCUT2D eigenvalue weighted by Gasteiger charge is -2.19. The Morgan fingerprint density at radius 2 is 1.93 bits per heavy atom. The van der Waals surface area contributed by atoms with E-state index in [4.69, 9.17) is 4.74 Å². The SMILES string of the molecule is CCCCS(=O)(=O)Nc1ccccc1C(=O)N[C@H](CC)c1ccc(OC)nc1. The fourth-order valence-corrected chi connectivity index (χ4v) is 3.98. The van der Waals surface area contributed by atoms with Gasteiger partial charge in [-0.3, -0.25) is 9.52 Å². The summed E-state index contributed by atoms with van der Waals surface area (Å²) in [5.74, 6) is 0.169. The van der Waals surface area contributed by atoms with E-state index in [1.54, 1.807) is 43.6 Å². The maximum atomic E-state index is 12.8. The van der Waals surface area contributed by atoms with Crippen LogP contribution in [0.1, 0.15) is 55.1 Å². The molecule has 0 radical (unpaired) electrons. The number of carbonyl (C=O) groups is 1. The van der Waals surface area contributed by atoms with Crippen LogP contribution in [-0.4, -0.2) is 32.2 Å². The minimum absolute atomic E-state index is 0.0224. The van der Waals surface area contributed by atoms with Gasteiger partial charge in [0.1, 0.15) is 0 Å². The molecule has 7 nitrogen and oxygen atoms in total. The first kappa shape index (κ1) is 21.7. The van der Waals surface area contributed by atoms with Gasteiger partial charge in [-0.15, -0.1) is 0 Å². The molecule has 1 aromatic carbocycles. The fraction of sp³-hybridized carbons (Fsp3) is 0.400. The van der Waals surface area contributed by atoms with E-state index in [-0.39, 0.29) is 29.0 Å². The number of benzene rings is 1. The van der Waals surface area contributed by atoms with Crippen molar-refractivity contribution in [2.75, 3.05) is 17.6 Å². The number of rotatable bonds is 10. The maximum Gasteiger partial charge on any atom is 0.253 e. The van der Waals surface area contributed by atoms with E-state index < -0.39 is 10.0 Å². The highest BCUT2D eigenvalue weighted by Crippen LogP contribution is 2.21. The number of hydrogen-bond donors (Lipinski definition) is 2. The summed E-state index contributed by atoms with van der Waals surface area (Å²) in [5.41, 5.74) is 1.40. The van der Waals surface area contributed by atoms with E-state index in [2.05, 4.69) is 15.0 Å². The molecule has 28 heavy (non-hydrogen) atoms. The number of methoxy groups -OCH3 is 1. The zero-order valence-electron chi connectivity index (χ0n) is 16.4. The number of para-hydroxylation sites is 1. The highest BCUT2D eigenvalue weighted by Gasteiger charge is 2.19. The zero-order valence-corrected chi connectivity index (χ0v) is 17.3. The predicted octanol–water partition coefficient (Wildman–Crippen LogP) is 3.51. The third-order valence-electron chi connectivity index (χ3n) is 4.29. The van der Waals surface area contributed by atoms with Crippen LogP contribution in [0.4, 0.5) is 5.69 Å². The predicted molar refractivity (Wildman–Crippen MR) is 110 cm³/mol. The second-order valence-electron chi connectivity index (χ2n) is 6.39. The molecule has 0 fully saturated rings. The first-order valence-corrected chi connectivity index (χ1v) is 11.0. The zero-order chi connectivity index (χ0) is 20.6. The van der Waals surface area contributed by atoms with Crippen LogP contribution in [0.25, 0.3) is 0 Å². The lowest BCUT2D eigenvalue weighted by Crippen LogP contribution is -2.29. The largest absolute Gasteiger partial charge is 0.481 e. The number of nitrogens with zero attached hydrogens (tertiary/aromatic N) is 1. The number of carbonyl (C=O) groups excluding carboxylic acids is 1. The Kier molecular flexibility index (Phi) is 7.80. The normalized spacial score (nSPS) is 12.2. The summed E-state index contributed by atoms with van der Waals surface area (Å²) in [4.78, 5) is 17.0. The smallest absolute Gasteiger partial charge is 0.253 e. The monoisotopic (exact) mass is 405 g/mol. The van der Waals surface area contributed by atoms with Crippen molar-refractivity contribution in [1.29, 1.82) is 0 Å². The van der Waals surface area contributed by atoms with E-state index in [0.717, 1.165) is 12.0 Å². The number of anilines is 1. The van der Waals surface area contributed by atoms with Gasteiger partial charge in [-0.05, 0) is 30.5 Å². The Labute approximate surface area is 166 Å². The van der Waals surface area contributed by atoms with Crippen molar-refractivity contribution in [1.82, 2.24) is 10.3 Å². The van der Waals surface area contributed by atoms with Gasteiger partial charge in [0.25, 0.3) is 5.91 Å². The molecular weight excluding hydrogens is 378 g/mol. The Morgan fingerprint density at radius 3 is 2.54 bits per heavy atom. The molecule has 0 spiro atoms. The average molecular weight is 406 g/mol. The number of amides is 1. The van der Waals surface area contributed by atoms with Gasteiger partial charge in [0.15, 0.2) is 0 Å². The Bertz CT molecular complexity index is 883. The minimum Gasteiger partial charge on any atom is -0.481 e. The van der Waals surface area contributed by atoms with E-state index in [0.29, 0.717) is 18.7 Å².